The number of rotatable bonds is 6. The van der Waals surface area contributed by atoms with Gasteiger partial charge in [-0.25, -0.2) is 4.98 Å². The molecular formula is C14H17NO2S. The van der Waals surface area contributed by atoms with Crippen LogP contribution in [-0.2, 0) is 19.4 Å². The maximum Gasteiger partial charge on any atom is 0.131 e. The lowest BCUT2D eigenvalue weighted by Crippen LogP contribution is -1.97. The van der Waals surface area contributed by atoms with Crippen LogP contribution in [-0.4, -0.2) is 16.7 Å². The predicted molar refractivity (Wildman–Crippen MR) is 73.1 cm³/mol. The monoisotopic (exact) mass is 263 g/mol. The van der Waals surface area contributed by atoms with Gasteiger partial charge in [-0.3, -0.25) is 0 Å². The van der Waals surface area contributed by atoms with E-state index in [0.29, 0.717) is 13.0 Å². The van der Waals surface area contributed by atoms with Crippen molar-refractivity contribution in [2.45, 2.75) is 26.4 Å². The van der Waals surface area contributed by atoms with Crippen molar-refractivity contribution in [2.75, 3.05) is 6.61 Å². The quantitative estimate of drug-likeness (QED) is 0.871. The summed E-state index contributed by atoms with van der Waals surface area (Å²) in [7, 11) is 0. The molecule has 1 aromatic carbocycles. The van der Waals surface area contributed by atoms with E-state index < -0.39 is 0 Å². The summed E-state index contributed by atoms with van der Waals surface area (Å²) in [5, 5.41) is 12.0. The van der Waals surface area contributed by atoms with Gasteiger partial charge in [0.1, 0.15) is 12.4 Å². The Balaban J connectivity index is 1.89. The Labute approximate surface area is 111 Å². The molecule has 0 unspecified atom stereocenters. The number of hydrogen-bond donors (Lipinski definition) is 1. The van der Waals surface area contributed by atoms with Crippen molar-refractivity contribution in [3.63, 3.8) is 0 Å². The van der Waals surface area contributed by atoms with Crippen LogP contribution in [0.1, 0.15) is 23.2 Å². The minimum Gasteiger partial charge on any atom is -0.487 e. The van der Waals surface area contributed by atoms with Gasteiger partial charge in [-0.2, -0.15) is 0 Å². The first-order valence-electron chi connectivity index (χ1n) is 6.07. The van der Waals surface area contributed by atoms with Crippen LogP contribution in [0.25, 0.3) is 0 Å². The van der Waals surface area contributed by atoms with Crippen LogP contribution >= 0.6 is 11.3 Å². The van der Waals surface area contributed by atoms with Crippen molar-refractivity contribution in [3.8, 4) is 5.75 Å². The molecule has 0 aliphatic heterocycles. The summed E-state index contributed by atoms with van der Waals surface area (Å²) in [5.41, 5.74) is 2.10. The van der Waals surface area contributed by atoms with E-state index in [1.807, 2.05) is 29.6 Å². The molecule has 1 aromatic heterocycles. The number of thiazole rings is 1. The molecule has 0 fully saturated rings. The van der Waals surface area contributed by atoms with E-state index in [1.54, 1.807) is 11.3 Å². The Morgan fingerprint density at radius 1 is 1.28 bits per heavy atom. The number of ether oxygens (including phenoxy) is 1. The fourth-order valence-corrected chi connectivity index (χ4v) is 2.35. The zero-order chi connectivity index (χ0) is 12.8. The largest absolute Gasteiger partial charge is 0.487 e. The Bertz CT molecular complexity index is 479. The number of nitrogens with zero attached hydrogens (tertiary/aromatic N) is 1. The SMILES string of the molecule is CCc1nc(COc2ccc(CCO)cc2)cs1. The molecule has 0 amide bonds. The fourth-order valence-electron chi connectivity index (χ4n) is 1.62. The van der Waals surface area contributed by atoms with Crippen molar-refractivity contribution in [1.29, 1.82) is 0 Å². The summed E-state index contributed by atoms with van der Waals surface area (Å²) >= 11 is 1.67. The van der Waals surface area contributed by atoms with Crippen molar-refractivity contribution < 1.29 is 9.84 Å². The van der Waals surface area contributed by atoms with E-state index in [1.165, 1.54) is 0 Å². The van der Waals surface area contributed by atoms with Gasteiger partial charge in [0.2, 0.25) is 0 Å². The number of benzene rings is 1. The van der Waals surface area contributed by atoms with E-state index in [-0.39, 0.29) is 6.61 Å². The van der Waals surface area contributed by atoms with Gasteiger partial charge in [0.05, 0.1) is 10.7 Å². The molecule has 0 radical (unpaired) electrons. The lowest BCUT2D eigenvalue weighted by atomic mass is 10.1. The highest BCUT2D eigenvalue weighted by Gasteiger charge is 2.01. The third kappa shape index (κ3) is 3.55. The van der Waals surface area contributed by atoms with E-state index in [4.69, 9.17) is 9.84 Å². The molecule has 1 N–H and O–H groups in total. The molecule has 2 rings (SSSR count). The van der Waals surface area contributed by atoms with Gasteiger partial charge in [-0.05, 0) is 30.5 Å². The topological polar surface area (TPSA) is 42.4 Å². The van der Waals surface area contributed by atoms with Crippen LogP contribution in [0.3, 0.4) is 0 Å². The Morgan fingerprint density at radius 2 is 2.06 bits per heavy atom. The highest BCUT2D eigenvalue weighted by atomic mass is 32.1. The standard InChI is InChI=1S/C14H17NO2S/c1-2-14-15-12(10-18-14)9-17-13-5-3-11(4-6-13)7-8-16/h3-6,10,16H,2,7-9H2,1H3. The van der Waals surface area contributed by atoms with Gasteiger partial charge < -0.3 is 9.84 Å². The lowest BCUT2D eigenvalue weighted by Gasteiger charge is -2.05. The first-order chi connectivity index (χ1) is 8.81. The summed E-state index contributed by atoms with van der Waals surface area (Å²) in [6.07, 6.45) is 1.66. The first kappa shape index (κ1) is 13.1. The molecule has 0 atom stereocenters. The number of aryl methyl sites for hydroxylation is 1. The molecule has 4 heteroatoms. The van der Waals surface area contributed by atoms with Crippen molar-refractivity contribution >= 4 is 11.3 Å². The maximum atomic E-state index is 8.83. The minimum atomic E-state index is 0.179. The second-order valence-electron chi connectivity index (χ2n) is 3.99. The van der Waals surface area contributed by atoms with Crippen LogP contribution in [0.15, 0.2) is 29.6 Å². The van der Waals surface area contributed by atoms with Gasteiger partial charge in [-0.1, -0.05) is 19.1 Å². The number of aliphatic hydroxyl groups is 1. The Hall–Kier alpha value is -1.39. The number of aliphatic hydroxyl groups excluding tert-OH is 1. The molecule has 0 saturated heterocycles. The molecule has 0 bridgehead atoms. The number of aromatic nitrogens is 1. The van der Waals surface area contributed by atoms with Gasteiger partial charge >= 0.3 is 0 Å². The average Bonchev–Trinajstić information content (AvgIpc) is 2.86. The minimum absolute atomic E-state index is 0.179. The maximum absolute atomic E-state index is 8.83. The lowest BCUT2D eigenvalue weighted by molar-refractivity contribution is 0.297. The molecule has 2 aromatic rings. The summed E-state index contributed by atoms with van der Waals surface area (Å²) < 4.78 is 5.66. The van der Waals surface area contributed by atoms with Gasteiger partial charge in [-0.15, -0.1) is 11.3 Å². The van der Waals surface area contributed by atoms with Gasteiger partial charge in [0, 0.05) is 12.0 Å². The van der Waals surface area contributed by atoms with E-state index in [0.717, 1.165) is 28.4 Å². The Kier molecular flexibility index (Phi) is 4.73. The highest BCUT2D eigenvalue weighted by molar-refractivity contribution is 7.09. The third-order valence-electron chi connectivity index (χ3n) is 2.61. The molecule has 18 heavy (non-hydrogen) atoms. The number of hydrogen-bond acceptors (Lipinski definition) is 4. The normalized spacial score (nSPS) is 10.6. The zero-order valence-electron chi connectivity index (χ0n) is 10.4. The molecule has 0 saturated carbocycles. The zero-order valence-corrected chi connectivity index (χ0v) is 11.2. The van der Waals surface area contributed by atoms with Crippen LogP contribution < -0.4 is 4.74 Å². The molecule has 0 spiro atoms. The van der Waals surface area contributed by atoms with Crippen LogP contribution in [0, 0.1) is 0 Å². The third-order valence-corrected chi connectivity index (χ3v) is 3.65. The van der Waals surface area contributed by atoms with Crippen molar-refractivity contribution in [2.24, 2.45) is 0 Å². The van der Waals surface area contributed by atoms with Gasteiger partial charge in [0.25, 0.3) is 0 Å². The molecule has 96 valence electrons. The molecule has 0 aliphatic rings. The van der Waals surface area contributed by atoms with Crippen LogP contribution in [0.5, 0.6) is 5.75 Å². The molecular weight excluding hydrogens is 246 g/mol. The predicted octanol–water partition coefficient (Wildman–Crippen LogP) is 2.82. The highest BCUT2D eigenvalue weighted by Crippen LogP contribution is 2.16. The molecule has 1 heterocycles. The van der Waals surface area contributed by atoms with Crippen molar-refractivity contribution in [3.05, 3.63) is 45.9 Å². The van der Waals surface area contributed by atoms with E-state index >= 15 is 0 Å². The summed E-state index contributed by atoms with van der Waals surface area (Å²) in [5.74, 6) is 0.836. The van der Waals surface area contributed by atoms with E-state index in [9.17, 15) is 0 Å². The average molecular weight is 263 g/mol. The summed E-state index contributed by atoms with van der Waals surface area (Å²) in [4.78, 5) is 4.45. The van der Waals surface area contributed by atoms with Crippen LogP contribution in [0.2, 0.25) is 0 Å². The van der Waals surface area contributed by atoms with Gasteiger partial charge in [0.15, 0.2) is 0 Å². The smallest absolute Gasteiger partial charge is 0.131 e. The second kappa shape index (κ2) is 6.52. The van der Waals surface area contributed by atoms with E-state index in [2.05, 4.69) is 11.9 Å². The fraction of sp³-hybridized carbons (Fsp3) is 0.357. The Morgan fingerprint density at radius 3 is 2.67 bits per heavy atom. The molecule has 3 nitrogen and oxygen atoms in total. The first-order valence-corrected chi connectivity index (χ1v) is 6.95. The second-order valence-corrected chi connectivity index (χ2v) is 4.94. The van der Waals surface area contributed by atoms with Crippen LogP contribution in [0.4, 0.5) is 0 Å². The summed E-state index contributed by atoms with van der Waals surface area (Å²) in [6, 6.07) is 7.81. The van der Waals surface area contributed by atoms with Crippen molar-refractivity contribution in [1.82, 2.24) is 4.98 Å². The molecule has 0 aliphatic carbocycles. The summed E-state index contributed by atoms with van der Waals surface area (Å²) in [6.45, 7) is 2.79.